The molecule has 0 saturated heterocycles. The van der Waals surface area contributed by atoms with Crippen molar-refractivity contribution in [3.05, 3.63) is 229 Å². The lowest BCUT2D eigenvalue weighted by molar-refractivity contribution is 0.331. The van der Waals surface area contributed by atoms with Crippen LogP contribution >= 0.6 is 0 Å². The van der Waals surface area contributed by atoms with Crippen molar-refractivity contribution in [3.63, 3.8) is 0 Å². The quantitative estimate of drug-likeness (QED) is 0.159. The van der Waals surface area contributed by atoms with Gasteiger partial charge in [0, 0.05) is 66.6 Å². The second kappa shape index (κ2) is 17.2. The van der Waals surface area contributed by atoms with E-state index in [-0.39, 0.29) is 55.4 Å². The molecule has 90 heavy (non-hydrogen) atoms. The zero-order valence-corrected chi connectivity index (χ0v) is 57.6. The highest BCUT2D eigenvalue weighted by Crippen LogP contribution is 2.67. The monoisotopic (exact) mass is 1170 g/mol. The summed E-state index contributed by atoms with van der Waals surface area (Å²) >= 11 is 0. The molecule has 0 atom stereocenters. The molecule has 2 nitrogen and oxygen atoms in total. The Morgan fingerprint density at radius 2 is 0.778 bits per heavy atom. The molecule has 0 fully saturated rings. The first kappa shape index (κ1) is 56.6. The van der Waals surface area contributed by atoms with Gasteiger partial charge in [-0.1, -0.05) is 222 Å². The van der Waals surface area contributed by atoms with Crippen LogP contribution in [0.15, 0.2) is 140 Å². The van der Waals surface area contributed by atoms with Crippen LogP contribution < -0.4 is 26.2 Å². The molecule has 0 aromatic heterocycles. The van der Waals surface area contributed by atoms with E-state index in [0.29, 0.717) is 0 Å². The summed E-state index contributed by atoms with van der Waals surface area (Å²) in [6.45, 7) is 50.0. The summed E-state index contributed by atoms with van der Waals surface area (Å²) in [7, 11) is 0. The summed E-state index contributed by atoms with van der Waals surface area (Å²) in [5, 5.41) is 0. The van der Waals surface area contributed by atoms with E-state index in [0.717, 1.165) is 19.3 Å². The van der Waals surface area contributed by atoms with Crippen LogP contribution in [0.5, 0.6) is 0 Å². The smallest absolute Gasteiger partial charge is 0.252 e. The van der Waals surface area contributed by atoms with Crippen molar-refractivity contribution in [3.8, 4) is 33.4 Å². The average molecular weight is 1180 g/mol. The van der Waals surface area contributed by atoms with Crippen LogP contribution in [0.4, 0.5) is 34.1 Å². The summed E-state index contributed by atoms with van der Waals surface area (Å²) in [5.41, 5.74) is 42.3. The van der Waals surface area contributed by atoms with Gasteiger partial charge in [-0.15, -0.1) is 0 Å². The molecule has 0 spiro atoms. The molecule has 0 saturated carbocycles. The Balaban J connectivity index is 1.07. The van der Waals surface area contributed by atoms with Gasteiger partial charge < -0.3 is 9.80 Å². The molecule has 9 aromatic rings. The molecular formula is C87H91BN2. The third-order valence-corrected chi connectivity index (χ3v) is 25.8. The maximum absolute atomic E-state index is 2.91. The van der Waals surface area contributed by atoms with E-state index in [9.17, 15) is 0 Å². The lowest BCUT2D eigenvalue weighted by atomic mass is 9.32. The van der Waals surface area contributed by atoms with E-state index in [2.05, 4.69) is 288 Å². The third-order valence-electron chi connectivity index (χ3n) is 25.8. The second-order valence-corrected chi connectivity index (χ2v) is 34.7. The highest BCUT2D eigenvalue weighted by atomic mass is 15.2. The standard InChI is InChI=1S/C87H91BN2/c1-48-26-25-27-49(2)72(48)50-40-70-77-71(41-50)90-68-46-60-59(79(3,4)36-37-80(60,5)6)43-52(68)73-74-64(44-65-76(73)82(9,10)39-38-81(65,7)8)87(19,20)58-34-35-66(78(90)75(58)74)88(77)67-45-62-63(86(17,18)56-31-24-23-30-55(56)85(62,15)16)47-69(67)89(70)51-32-33-57-61(42-51)84(13,14)54-29-22-21-28-53(54)83(57,11)12/h21-35,40-47H,36-39H2,1-20H3. The highest BCUT2D eigenvalue weighted by molar-refractivity contribution is 7.00. The summed E-state index contributed by atoms with van der Waals surface area (Å²) < 4.78 is 0. The molecule has 3 heterocycles. The fourth-order valence-electron chi connectivity index (χ4n) is 20.3. The van der Waals surface area contributed by atoms with Crippen LogP contribution in [0.1, 0.15) is 239 Å². The molecule has 452 valence electrons. The van der Waals surface area contributed by atoms with Crippen molar-refractivity contribution >= 4 is 57.2 Å². The van der Waals surface area contributed by atoms with Crippen molar-refractivity contribution in [2.24, 2.45) is 0 Å². The minimum atomic E-state index is -0.265. The van der Waals surface area contributed by atoms with E-state index in [1.807, 2.05) is 0 Å². The molecule has 0 unspecified atom stereocenters. The Hall–Kier alpha value is -7.36. The molecule has 0 N–H and O–H groups in total. The van der Waals surface area contributed by atoms with Crippen LogP contribution in [0.25, 0.3) is 33.4 Å². The number of anilines is 6. The first-order valence-corrected chi connectivity index (χ1v) is 34.2. The van der Waals surface area contributed by atoms with E-state index in [4.69, 9.17) is 0 Å². The van der Waals surface area contributed by atoms with E-state index >= 15 is 0 Å². The lowest BCUT2D eigenvalue weighted by Crippen LogP contribution is -2.62. The summed E-state index contributed by atoms with van der Waals surface area (Å²) in [6, 6.07) is 57.6. The molecule has 17 rings (SSSR count). The van der Waals surface area contributed by atoms with Gasteiger partial charge in [0.2, 0.25) is 0 Å². The molecule has 5 aliphatic carbocycles. The van der Waals surface area contributed by atoms with Crippen LogP contribution in [-0.2, 0) is 48.7 Å². The number of aryl methyl sites for hydroxylation is 2. The predicted molar refractivity (Wildman–Crippen MR) is 384 cm³/mol. The summed E-state index contributed by atoms with van der Waals surface area (Å²) in [4.78, 5) is 5.69. The van der Waals surface area contributed by atoms with Gasteiger partial charge in [0.15, 0.2) is 0 Å². The minimum Gasteiger partial charge on any atom is -0.311 e. The fraction of sp³-hybridized carbons (Fsp3) is 0.379. The minimum absolute atomic E-state index is 0.00279. The van der Waals surface area contributed by atoms with Crippen molar-refractivity contribution in [1.29, 1.82) is 0 Å². The van der Waals surface area contributed by atoms with E-state index in [1.165, 1.54) is 168 Å². The van der Waals surface area contributed by atoms with Gasteiger partial charge in [0.25, 0.3) is 6.71 Å². The van der Waals surface area contributed by atoms with Crippen LogP contribution in [0.2, 0.25) is 0 Å². The SMILES string of the molecule is Cc1cccc(C)c1-c1cc2c3c(c1)N1c4cc5c(cc4-c4c6c(cc7c4C(C)(C)CCC7(C)C)C(C)(C)c4ccc(c1c4-6)B3c1cc3c(cc1N2c1ccc2c(c1)C(C)(C)c1ccccc1C2(C)C)C(C)(C)c1ccccc1C3(C)C)C(C)(C)CCC5(C)C. The molecule has 0 bridgehead atoms. The predicted octanol–water partition coefficient (Wildman–Crippen LogP) is 21.0. The maximum atomic E-state index is 2.91. The highest BCUT2D eigenvalue weighted by Gasteiger charge is 2.55. The van der Waals surface area contributed by atoms with Gasteiger partial charge in [0.1, 0.15) is 0 Å². The van der Waals surface area contributed by atoms with Gasteiger partial charge >= 0.3 is 0 Å². The number of nitrogens with zero attached hydrogens (tertiary/aromatic N) is 2. The first-order valence-electron chi connectivity index (χ1n) is 34.2. The van der Waals surface area contributed by atoms with E-state index < -0.39 is 0 Å². The molecule has 9 aromatic carbocycles. The molecule has 0 amide bonds. The van der Waals surface area contributed by atoms with Crippen molar-refractivity contribution < 1.29 is 0 Å². The largest absolute Gasteiger partial charge is 0.311 e. The molecule has 8 aliphatic rings. The van der Waals surface area contributed by atoms with Crippen molar-refractivity contribution in [1.82, 2.24) is 0 Å². The number of rotatable bonds is 2. The maximum Gasteiger partial charge on any atom is 0.252 e. The van der Waals surface area contributed by atoms with Gasteiger partial charge in [-0.05, 0) is 231 Å². The Bertz CT molecular complexity index is 4770. The number of benzene rings is 9. The van der Waals surface area contributed by atoms with Crippen LogP contribution in [0, 0.1) is 13.8 Å². The normalized spacial score (nSPS) is 20.8. The first-order chi connectivity index (χ1) is 42.2. The average Bonchev–Trinajstić information content (AvgIpc) is 1.38. The second-order valence-electron chi connectivity index (χ2n) is 34.7. The number of hydrogen-bond acceptors (Lipinski definition) is 2. The Labute approximate surface area is 538 Å². The molecule has 3 aliphatic heterocycles. The van der Waals surface area contributed by atoms with Gasteiger partial charge in [-0.25, -0.2) is 0 Å². The molecular weight excluding hydrogens is 1080 g/mol. The van der Waals surface area contributed by atoms with Gasteiger partial charge in [0.05, 0.1) is 5.69 Å². The van der Waals surface area contributed by atoms with Crippen LogP contribution in [0.3, 0.4) is 0 Å². The van der Waals surface area contributed by atoms with Gasteiger partial charge in [-0.3, -0.25) is 0 Å². The van der Waals surface area contributed by atoms with Crippen molar-refractivity contribution in [2.75, 3.05) is 9.80 Å². The number of hydrogen-bond donors (Lipinski definition) is 0. The Kier molecular flexibility index (Phi) is 10.8. The zero-order chi connectivity index (χ0) is 63.2. The molecule has 3 heteroatoms. The van der Waals surface area contributed by atoms with Gasteiger partial charge in [-0.2, -0.15) is 0 Å². The zero-order valence-electron chi connectivity index (χ0n) is 57.6. The summed E-state index contributed by atoms with van der Waals surface area (Å²) in [6.07, 6.45) is 4.63. The Morgan fingerprint density at radius 1 is 0.311 bits per heavy atom. The van der Waals surface area contributed by atoms with Crippen molar-refractivity contribution in [2.45, 2.75) is 213 Å². The Morgan fingerprint density at radius 3 is 1.37 bits per heavy atom. The third kappa shape index (κ3) is 6.88. The fourth-order valence-corrected chi connectivity index (χ4v) is 20.3. The van der Waals surface area contributed by atoms with Crippen LogP contribution in [-0.4, -0.2) is 6.71 Å². The lowest BCUT2D eigenvalue weighted by Gasteiger charge is -2.49. The topological polar surface area (TPSA) is 6.48 Å². The summed E-state index contributed by atoms with van der Waals surface area (Å²) in [5.74, 6) is 0. The molecule has 0 radical (unpaired) electrons. The van der Waals surface area contributed by atoms with E-state index in [1.54, 1.807) is 11.1 Å². The number of fused-ring (bicyclic) bond motifs is 14.